The molecule has 1 fully saturated rings. The number of nitrogens with two attached hydrogens (primary N) is 1. The van der Waals surface area contributed by atoms with Gasteiger partial charge in [-0.25, -0.2) is 0 Å². The summed E-state index contributed by atoms with van der Waals surface area (Å²) in [7, 11) is 0. The summed E-state index contributed by atoms with van der Waals surface area (Å²) < 4.78 is 6.00. The second-order valence-corrected chi connectivity index (χ2v) is 6.08. The quantitative estimate of drug-likeness (QED) is 0.803. The third-order valence-corrected chi connectivity index (χ3v) is 4.45. The molecule has 1 aliphatic rings. The third kappa shape index (κ3) is 4.58. The van der Waals surface area contributed by atoms with E-state index < -0.39 is 0 Å². The zero-order valence-corrected chi connectivity index (χ0v) is 12.6. The summed E-state index contributed by atoms with van der Waals surface area (Å²) >= 11 is 0. The summed E-state index contributed by atoms with van der Waals surface area (Å²) in [6.07, 6.45) is 4.72. The molecule has 3 N–H and O–H groups in total. The summed E-state index contributed by atoms with van der Waals surface area (Å²) in [5, 5.41) is 3.42. The van der Waals surface area contributed by atoms with Crippen molar-refractivity contribution in [1.29, 1.82) is 0 Å². The van der Waals surface area contributed by atoms with Crippen molar-refractivity contribution < 1.29 is 4.74 Å². The molecule has 1 saturated heterocycles. The molecule has 0 aromatic heterocycles. The molecule has 3 heteroatoms. The molecule has 1 aromatic carbocycles. The van der Waals surface area contributed by atoms with Crippen LogP contribution in [0.5, 0.6) is 0 Å². The first-order chi connectivity index (χ1) is 9.74. The van der Waals surface area contributed by atoms with E-state index in [0.717, 1.165) is 39.1 Å². The van der Waals surface area contributed by atoms with Gasteiger partial charge in [-0.05, 0) is 63.2 Å². The van der Waals surface area contributed by atoms with Crippen molar-refractivity contribution in [2.45, 2.75) is 38.7 Å². The van der Waals surface area contributed by atoms with Crippen LogP contribution in [0, 0.1) is 5.41 Å². The Bertz CT molecular complexity index is 374. The molecular formula is C17H28N2O. The van der Waals surface area contributed by atoms with Crippen LogP contribution in [0.25, 0.3) is 0 Å². The minimum absolute atomic E-state index is 0.289. The lowest BCUT2D eigenvalue weighted by molar-refractivity contribution is 0.0211. The van der Waals surface area contributed by atoms with E-state index in [2.05, 4.69) is 42.6 Å². The fraction of sp³-hybridized carbons (Fsp3) is 0.647. The number of nitrogens with one attached hydrogen (secondary N) is 1. The van der Waals surface area contributed by atoms with Crippen molar-refractivity contribution in [2.24, 2.45) is 11.1 Å². The lowest BCUT2D eigenvalue weighted by Gasteiger charge is -2.38. The smallest absolute Gasteiger partial charge is 0.0552 e. The van der Waals surface area contributed by atoms with Crippen molar-refractivity contribution >= 4 is 0 Å². The van der Waals surface area contributed by atoms with Crippen LogP contribution in [-0.2, 0) is 11.2 Å². The molecule has 1 aliphatic heterocycles. The van der Waals surface area contributed by atoms with E-state index in [4.69, 9.17) is 10.5 Å². The molecule has 3 nitrogen and oxygen atoms in total. The van der Waals surface area contributed by atoms with Crippen LogP contribution < -0.4 is 11.1 Å². The molecule has 1 atom stereocenters. The van der Waals surface area contributed by atoms with Crippen molar-refractivity contribution in [3.8, 4) is 0 Å². The second-order valence-electron chi connectivity index (χ2n) is 6.08. The molecule has 0 radical (unpaired) electrons. The van der Waals surface area contributed by atoms with Crippen LogP contribution in [0.4, 0.5) is 0 Å². The summed E-state index contributed by atoms with van der Waals surface area (Å²) in [5.41, 5.74) is 7.65. The largest absolute Gasteiger partial charge is 0.378 e. The Kier molecular flexibility index (Phi) is 6.02. The van der Waals surface area contributed by atoms with Crippen molar-refractivity contribution in [2.75, 3.05) is 26.2 Å². The highest BCUT2D eigenvalue weighted by molar-refractivity contribution is 5.14. The first kappa shape index (κ1) is 15.5. The average Bonchev–Trinajstić information content (AvgIpc) is 2.49. The van der Waals surface area contributed by atoms with Gasteiger partial charge in [-0.15, -0.1) is 0 Å². The number of rotatable bonds is 7. The van der Waals surface area contributed by atoms with E-state index in [1.165, 1.54) is 18.4 Å². The molecule has 112 valence electrons. The van der Waals surface area contributed by atoms with Gasteiger partial charge in [-0.1, -0.05) is 30.3 Å². The molecule has 0 amide bonds. The maximum Gasteiger partial charge on any atom is 0.0552 e. The van der Waals surface area contributed by atoms with Gasteiger partial charge in [-0.2, -0.15) is 0 Å². The van der Waals surface area contributed by atoms with Gasteiger partial charge >= 0.3 is 0 Å². The normalized spacial score (nSPS) is 19.7. The van der Waals surface area contributed by atoms with Crippen LogP contribution in [0.1, 0.15) is 31.7 Å². The number of hydrogen-bond donors (Lipinski definition) is 2. The fourth-order valence-electron chi connectivity index (χ4n) is 3.14. The van der Waals surface area contributed by atoms with E-state index >= 15 is 0 Å². The topological polar surface area (TPSA) is 47.3 Å². The molecule has 0 spiro atoms. The van der Waals surface area contributed by atoms with Crippen LogP contribution in [0.3, 0.4) is 0 Å². The molecule has 1 heterocycles. The minimum atomic E-state index is 0.289. The predicted molar refractivity (Wildman–Crippen MR) is 83.8 cm³/mol. The van der Waals surface area contributed by atoms with Crippen LogP contribution in [-0.4, -0.2) is 32.3 Å². The second kappa shape index (κ2) is 7.77. The Morgan fingerprint density at radius 1 is 1.25 bits per heavy atom. The van der Waals surface area contributed by atoms with E-state index in [9.17, 15) is 0 Å². The predicted octanol–water partition coefficient (Wildman–Crippen LogP) is 2.35. The first-order valence-electron chi connectivity index (χ1n) is 7.80. The van der Waals surface area contributed by atoms with E-state index in [1.54, 1.807) is 0 Å². The zero-order chi connectivity index (χ0) is 14.3. The molecule has 2 rings (SSSR count). The molecule has 1 aromatic rings. The molecule has 20 heavy (non-hydrogen) atoms. The van der Waals surface area contributed by atoms with E-state index in [1.807, 2.05) is 0 Å². The Hall–Kier alpha value is -0.900. The summed E-state index contributed by atoms with van der Waals surface area (Å²) in [4.78, 5) is 0. The average molecular weight is 276 g/mol. The molecule has 1 unspecified atom stereocenters. The summed E-state index contributed by atoms with van der Waals surface area (Å²) in [5.74, 6) is 0. The summed E-state index contributed by atoms with van der Waals surface area (Å²) in [6.45, 7) is 5.94. The monoisotopic (exact) mass is 276 g/mol. The maximum absolute atomic E-state index is 6.02. The van der Waals surface area contributed by atoms with E-state index in [-0.39, 0.29) is 5.41 Å². The zero-order valence-electron chi connectivity index (χ0n) is 12.6. The van der Waals surface area contributed by atoms with Gasteiger partial charge < -0.3 is 15.8 Å². The van der Waals surface area contributed by atoms with Gasteiger partial charge in [0.2, 0.25) is 0 Å². The highest BCUT2D eigenvalue weighted by atomic mass is 16.5. The highest BCUT2D eigenvalue weighted by Crippen LogP contribution is 2.33. The number of benzene rings is 1. The minimum Gasteiger partial charge on any atom is -0.378 e. The Morgan fingerprint density at radius 2 is 1.95 bits per heavy atom. The van der Waals surface area contributed by atoms with Crippen molar-refractivity contribution in [1.82, 2.24) is 5.32 Å². The molecular weight excluding hydrogens is 248 g/mol. The first-order valence-corrected chi connectivity index (χ1v) is 7.80. The van der Waals surface area contributed by atoms with Gasteiger partial charge in [-0.3, -0.25) is 0 Å². The Labute approximate surface area is 122 Å². The van der Waals surface area contributed by atoms with Gasteiger partial charge in [0.15, 0.2) is 0 Å². The Balaban J connectivity index is 1.73. The van der Waals surface area contributed by atoms with Gasteiger partial charge in [0.25, 0.3) is 0 Å². The number of hydrogen-bond acceptors (Lipinski definition) is 3. The highest BCUT2D eigenvalue weighted by Gasteiger charge is 2.32. The number of piperidine rings is 1. The lowest BCUT2D eigenvalue weighted by atomic mass is 9.75. The van der Waals surface area contributed by atoms with E-state index in [0.29, 0.717) is 6.10 Å². The number of ether oxygens (including phenoxy) is 1. The lowest BCUT2D eigenvalue weighted by Crippen LogP contribution is -2.43. The standard InChI is InChI=1S/C17H28N2O/c1-15(13-17(14-18)8-10-19-11-9-17)20-12-7-16-5-3-2-4-6-16/h2-6,15,19H,7-14,18H2,1H3. The molecule has 0 saturated carbocycles. The van der Waals surface area contributed by atoms with Gasteiger partial charge in [0.1, 0.15) is 0 Å². The van der Waals surface area contributed by atoms with Crippen molar-refractivity contribution in [3.63, 3.8) is 0 Å². The maximum atomic E-state index is 6.02. The summed E-state index contributed by atoms with van der Waals surface area (Å²) in [6, 6.07) is 10.5. The Morgan fingerprint density at radius 3 is 2.60 bits per heavy atom. The van der Waals surface area contributed by atoms with Crippen LogP contribution >= 0.6 is 0 Å². The van der Waals surface area contributed by atoms with Crippen LogP contribution in [0.2, 0.25) is 0 Å². The van der Waals surface area contributed by atoms with Gasteiger partial charge in [0, 0.05) is 0 Å². The van der Waals surface area contributed by atoms with Gasteiger partial charge in [0.05, 0.1) is 12.7 Å². The molecule has 0 bridgehead atoms. The molecule has 0 aliphatic carbocycles. The third-order valence-electron chi connectivity index (χ3n) is 4.45. The van der Waals surface area contributed by atoms with Crippen molar-refractivity contribution in [3.05, 3.63) is 35.9 Å². The fourth-order valence-corrected chi connectivity index (χ4v) is 3.14. The SMILES string of the molecule is CC(CC1(CN)CCNCC1)OCCc1ccccc1. The van der Waals surface area contributed by atoms with Crippen LogP contribution in [0.15, 0.2) is 30.3 Å².